The number of nitrogens with one attached hydrogen (secondary N) is 1. The number of hydrogen-bond donors (Lipinski definition) is 2. The van der Waals surface area contributed by atoms with E-state index in [4.69, 9.17) is 5.11 Å². The third kappa shape index (κ3) is 1.19. The zero-order valence-corrected chi connectivity index (χ0v) is 7.19. The second kappa shape index (κ2) is 2.81. The van der Waals surface area contributed by atoms with Gasteiger partial charge in [-0.15, -0.1) is 10.2 Å². The molecule has 0 saturated carbocycles. The Hall–Kier alpha value is -1.43. The highest BCUT2D eigenvalue weighted by atomic mass is 16.4. The number of carboxylic acid groups (broad SMARTS) is 1. The summed E-state index contributed by atoms with van der Waals surface area (Å²) in [5.41, 5.74) is 0. The minimum Gasteiger partial charge on any atom is -0.475 e. The Balaban J connectivity index is 2.47. The summed E-state index contributed by atoms with van der Waals surface area (Å²) in [7, 11) is 0. The summed E-state index contributed by atoms with van der Waals surface area (Å²) >= 11 is 0. The van der Waals surface area contributed by atoms with Crippen LogP contribution in [0.4, 0.5) is 0 Å². The van der Waals surface area contributed by atoms with Crippen molar-refractivity contribution >= 4 is 5.97 Å². The minimum absolute atomic E-state index is 0.0309. The topological polar surface area (TPSA) is 80.0 Å². The smallest absolute Gasteiger partial charge is 0.374 e. The predicted octanol–water partition coefficient (Wildman–Crippen LogP) is -0.360. The van der Waals surface area contributed by atoms with E-state index in [0.29, 0.717) is 12.4 Å². The van der Waals surface area contributed by atoms with Crippen molar-refractivity contribution in [3.8, 4) is 0 Å². The van der Waals surface area contributed by atoms with Crippen LogP contribution in [0.3, 0.4) is 0 Å². The molecule has 0 aliphatic carbocycles. The van der Waals surface area contributed by atoms with Crippen molar-refractivity contribution in [2.45, 2.75) is 19.5 Å². The summed E-state index contributed by atoms with van der Waals surface area (Å²) in [5.74, 6) is -0.292. The Morgan fingerprint density at radius 3 is 3.15 bits per heavy atom. The zero-order chi connectivity index (χ0) is 9.42. The third-order valence-electron chi connectivity index (χ3n) is 2.14. The van der Waals surface area contributed by atoms with Gasteiger partial charge in [-0.3, -0.25) is 0 Å². The number of nitrogens with zero attached hydrogens (tertiary/aromatic N) is 3. The summed E-state index contributed by atoms with van der Waals surface area (Å²) in [6.07, 6.45) is 0. The molecule has 13 heavy (non-hydrogen) atoms. The van der Waals surface area contributed by atoms with Crippen LogP contribution < -0.4 is 5.32 Å². The summed E-state index contributed by atoms with van der Waals surface area (Å²) < 4.78 is 1.64. The molecule has 0 aromatic carbocycles. The maximum Gasteiger partial charge on any atom is 0.374 e. The van der Waals surface area contributed by atoms with Crippen LogP contribution in [0.1, 0.15) is 29.4 Å². The normalized spacial score (nSPS) is 21.2. The monoisotopic (exact) mass is 182 g/mol. The molecule has 6 heteroatoms. The number of rotatable bonds is 1. The van der Waals surface area contributed by atoms with Crippen molar-refractivity contribution < 1.29 is 9.90 Å². The van der Waals surface area contributed by atoms with Crippen LogP contribution in [-0.4, -0.2) is 32.4 Å². The molecule has 2 rings (SSSR count). The third-order valence-corrected chi connectivity index (χ3v) is 2.14. The molecule has 1 aliphatic heterocycles. The van der Waals surface area contributed by atoms with Gasteiger partial charge in [0, 0.05) is 13.1 Å². The molecule has 1 aliphatic rings. The maximum atomic E-state index is 10.7. The van der Waals surface area contributed by atoms with Crippen molar-refractivity contribution in [3.05, 3.63) is 11.6 Å². The van der Waals surface area contributed by atoms with Crippen LogP contribution in [0.15, 0.2) is 0 Å². The summed E-state index contributed by atoms with van der Waals surface area (Å²) in [6, 6.07) is 0.0781. The SMILES string of the molecule is CC1NCCn2c(C(=O)O)nnc21. The number of aromatic nitrogens is 3. The van der Waals surface area contributed by atoms with E-state index in [9.17, 15) is 4.79 Å². The number of fused-ring (bicyclic) bond motifs is 1. The molecular formula is C7H10N4O2. The zero-order valence-electron chi connectivity index (χ0n) is 7.19. The molecular weight excluding hydrogens is 172 g/mol. The van der Waals surface area contributed by atoms with Crippen molar-refractivity contribution in [1.29, 1.82) is 0 Å². The van der Waals surface area contributed by atoms with Gasteiger partial charge >= 0.3 is 5.97 Å². The highest BCUT2D eigenvalue weighted by Crippen LogP contribution is 2.14. The highest BCUT2D eigenvalue weighted by Gasteiger charge is 2.24. The van der Waals surface area contributed by atoms with Crippen LogP contribution in [0.25, 0.3) is 0 Å². The van der Waals surface area contributed by atoms with Crippen molar-refractivity contribution in [2.24, 2.45) is 0 Å². The van der Waals surface area contributed by atoms with Gasteiger partial charge in [-0.2, -0.15) is 0 Å². The summed E-state index contributed by atoms with van der Waals surface area (Å²) in [6.45, 7) is 3.31. The van der Waals surface area contributed by atoms with Gasteiger partial charge in [0.25, 0.3) is 0 Å². The molecule has 2 N–H and O–H groups in total. The Bertz CT molecular complexity index is 346. The van der Waals surface area contributed by atoms with E-state index < -0.39 is 5.97 Å². The fraction of sp³-hybridized carbons (Fsp3) is 0.571. The lowest BCUT2D eigenvalue weighted by atomic mass is 10.2. The second-order valence-corrected chi connectivity index (χ2v) is 3.01. The molecule has 0 bridgehead atoms. The van der Waals surface area contributed by atoms with E-state index in [-0.39, 0.29) is 11.9 Å². The van der Waals surface area contributed by atoms with Gasteiger partial charge in [0.15, 0.2) is 0 Å². The molecule has 0 fully saturated rings. The average molecular weight is 182 g/mol. The molecule has 0 saturated heterocycles. The van der Waals surface area contributed by atoms with Crippen LogP contribution in [0.2, 0.25) is 0 Å². The Morgan fingerprint density at radius 2 is 2.46 bits per heavy atom. The molecule has 1 aromatic rings. The molecule has 1 aromatic heterocycles. The van der Waals surface area contributed by atoms with Gasteiger partial charge in [-0.05, 0) is 6.92 Å². The van der Waals surface area contributed by atoms with Gasteiger partial charge in [0.2, 0.25) is 5.82 Å². The lowest BCUT2D eigenvalue weighted by Gasteiger charge is -2.20. The Labute approximate surface area is 74.6 Å². The Morgan fingerprint density at radius 1 is 1.69 bits per heavy atom. The number of carboxylic acids is 1. The van der Waals surface area contributed by atoms with Crippen LogP contribution in [0, 0.1) is 0 Å². The lowest BCUT2D eigenvalue weighted by Crippen LogP contribution is -2.33. The van der Waals surface area contributed by atoms with Crippen molar-refractivity contribution in [3.63, 3.8) is 0 Å². The van der Waals surface area contributed by atoms with Gasteiger partial charge in [0.1, 0.15) is 5.82 Å². The maximum absolute atomic E-state index is 10.7. The molecule has 0 radical (unpaired) electrons. The molecule has 1 unspecified atom stereocenters. The average Bonchev–Trinajstić information content (AvgIpc) is 2.48. The first-order valence-corrected chi connectivity index (χ1v) is 4.10. The fourth-order valence-electron chi connectivity index (χ4n) is 1.50. The first-order chi connectivity index (χ1) is 6.20. The standard InChI is InChI=1S/C7H10N4O2/c1-4-5-9-10-6(7(12)13)11(5)3-2-8-4/h4,8H,2-3H2,1H3,(H,12,13). The molecule has 2 heterocycles. The molecule has 70 valence electrons. The first-order valence-electron chi connectivity index (χ1n) is 4.10. The minimum atomic E-state index is -1.02. The molecule has 1 atom stereocenters. The molecule has 0 amide bonds. The van der Waals surface area contributed by atoms with Crippen LogP contribution in [-0.2, 0) is 6.54 Å². The van der Waals surface area contributed by atoms with Gasteiger partial charge < -0.3 is 15.0 Å². The van der Waals surface area contributed by atoms with E-state index in [1.54, 1.807) is 4.57 Å². The second-order valence-electron chi connectivity index (χ2n) is 3.01. The van der Waals surface area contributed by atoms with E-state index in [1.165, 1.54) is 0 Å². The van der Waals surface area contributed by atoms with Gasteiger partial charge in [-0.25, -0.2) is 4.79 Å². The molecule has 0 spiro atoms. The van der Waals surface area contributed by atoms with E-state index in [0.717, 1.165) is 6.54 Å². The quantitative estimate of drug-likeness (QED) is 0.620. The number of hydrogen-bond acceptors (Lipinski definition) is 4. The van der Waals surface area contributed by atoms with Crippen molar-refractivity contribution in [2.75, 3.05) is 6.54 Å². The molecule has 6 nitrogen and oxygen atoms in total. The van der Waals surface area contributed by atoms with E-state index in [2.05, 4.69) is 15.5 Å². The van der Waals surface area contributed by atoms with Crippen molar-refractivity contribution in [1.82, 2.24) is 20.1 Å². The lowest BCUT2D eigenvalue weighted by molar-refractivity contribution is 0.0676. The van der Waals surface area contributed by atoms with Crippen LogP contribution >= 0.6 is 0 Å². The van der Waals surface area contributed by atoms with Gasteiger partial charge in [0.05, 0.1) is 6.04 Å². The summed E-state index contributed by atoms with van der Waals surface area (Å²) in [5, 5.41) is 19.4. The predicted molar refractivity (Wildman–Crippen MR) is 43.4 cm³/mol. The number of carbonyl (C=O) groups is 1. The summed E-state index contributed by atoms with van der Waals surface area (Å²) in [4.78, 5) is 10.7. The highest BCUT2D eigenvalue weighted by molar-refractivity contribution is 5.83. The van der Waals surface area contributed by atoms with Crippen LogP contribution in [0.5, 0.6) is 0 Å². The largest absolute Gasteiger partial charge is 0.475 e. The van der Waals surface area contributed by atoms with Gasteiger partial charge in [-0.1, -0.05) is 0 Å². The number of aromatic carboxylic acids is 1. The Kier molecular flexibility index (Phi) is 1.77. The van der Waals surface area contributed by atoms with E-state index in [1.807, 2.05) is 6.92 Å². The first kappa shape index (κ1) is 8.18. The van der Waals surface area contributed by atoms with E-state index >= 15 is 0 Å². The fourth-order valence-corrected chi connectivity index (χ4v) is 1.50.